The summed E-state index contributed by atoms with van der Waals surface area (Å²) in [6, 6.07) is 9.09. The van der Waals surface area contributed by atoms with Gasteiger partial charge in [0, 0.05) is 26.2 Å². The maximum atomic E-state index is 12.4. The van der Waals surface area contributed by atoms with Gasteiger partial charge in [-0.1, -0.05) is 42.5 Å². The Morgan fingerprint density at radius 1 is 1.38 bits per heavy atom. The smallest absolute Gasteiger partial charge is 0.318 e. The van der Waals surface area contributed by atoms with Gasteiger partial charge in [-0.25, -0.2) is 4.79 Å². The van der Waals surface area contributed by atoms with Gasteiger partial charge in [0.2, 0.25) is 5.91 Å². The van der Waals surface area contributed by atoms with Crippen LogP contribution < -0.4 is 10.6 Å². The molecule has 0 radical (unpaired) electrons. The van der Waals surface area contributed by atoms with E-state index in [4.69, 9.17) is 5.11 Å². The van der Waals surface area contributed by atoms with Crippen molar-refractivity contribution < 1.29 is 14.7 Å². The fourth-order valence-electron chi connectivity index (χ4n) is 2.57. The van der Waals surface area contributed by atoms with E-state index in [1.165, 1.54) is 0 Å². The van der Waals surface area contributed by atoms with Crippen LogP contribution in [0.15, 0.2) is 36.4 Å². The fraction of sp³-hybridized carbons (Fsp3) is 0.444. The lowest BCUT2D eigenvalue weighted by molar-refractivity contribution is -0.124. The van der Waals surface area contributed by atoms with Crippen LogP contribution in [0.1, 0.15) is 24.8 Å². The summed E-state index contributed by atoms with van der Waals surface area (Å²) in [5, 5.41) is 14.6. The first kappa shape index (κ1) is 18.0. The summed E-state index contributed by atoms with van der Waals surface area (Å²) in [6.45, 7) is 1.56. The number of benzene rings is 1. The highest BCUT2D eigenvalue weighted by Gasteiger charge is 2.25. The molecular weight excluding hydrogens is 306 g/mol. The molecule has 1 aromatic rings. The fourth-order valence-corrected chi connectivity index (χ4v) is 2.57. The average Bonchev–Trinajstić information content (AvgIpc) is 2.60. The summed E-state index contributed by atoms with van der Waals surface area (Å²) in [7, 11) is 0. The summed E-state index contributed by atoms with van der Waals surface area (Å²) in [6.07, 6.45) is 5.88. The van der Waals surface area contributed by atoms with Crippen LogP contribution >= 0.6 is 0 Å². The molecule has 1 unspecified atom stereocenters. The molecule has 6 heteroatoms. The summed E-state index contributed by atoms with van der Waals surface area (Å²) in [5.41, 5.74) is 1.06. The van der Waals surface area contributed by atoms with Crippen molar-refractivity contribution in [3.63, 3.8) is 0 Å². The number of carbonyl (C=O) groups excluding carboxylic acids is 2. The van der Waals surface area contributed by atoms with Crippen LogP contribution in [0, 0.1) is 0 Å². The van der Waals surface area contributed by atoms with Crippen LogP contribution in [-0.4, -0.2) is 54.2 Å². The summed E-state index contributed by atoms with van der Waals surface area (Å²) in [4.78, 5) is 25.8. The number of aliphatic hydroxyl groups is 1. The van der Waals surface area contributed by atoms with Crippen LogP contribution in [0.25, 0.3) is 6.08 Å². The Hall–Kier alpha value is -2.34. The molecule has 1 saturated heterocycles. The zero-order valence-electron chi connectivity index (χ0n) is 13.8. The highest BCUT2D eigenvalue weighted by Crippen LogP contribution is 2.05. The van der Waals surface area contributed by atoms with Crippen LogP contribution in [0.2, 0.25) is 0 Å². The zero-order chi connectivity index (χ0) is 17.2. The molecule has 3 amide bonds. The van der Waals surface area contributed by atoms with E-state index in [0.29, 0.717) is 32.5 Å². The third-order valence-electron chi connectivity index (χ3n) is 3.89. The molecule has 0 spiro atoms. The number of carbonyl (C=O) groups is 2. The van der Waals surface area contributed by atoms with Crippen molar-refractivity contribution in [2.45, 2.75) is 25.3 Å². The SMILES string of the molecule is O=C1NCCCC1NC(=O)N(CC=Cc1ccccc1)CCCO. The van der Waals surface area contributed by atoms with Gasteiger partial charge in [0.05, 0.1) is 0 Å². The predicted octanol–water partition coefficient (Wildman–Crippen LogP) is 1.37. The quantitative estimate of drug-likeness (QED) is 0.706. The molecule has 1 aromatic carbocycles. The monoisotopic (exact) mass is 331 g/mol. The Labute approximate surface area is 142 Å². The molecule has 1 atom stereocenters. The van der Waals surface area contributed by atoms with Crippen LogP contribution in [0.4, 0.5) is 4.79 Å². The summed E-state index contributed by atoms with van der Waals surface area (Å²) < 4.78 is 0. The highest BCUT2D eigenvalue weighted by atomic mass is 16.3. The van der Waals surface area contributed by atoms with Gasteiger partial charge in [-0.3, -0.25) is 4.79 Å². The third-order valence-corrected chi connectivity index (χ3v) is 3.89. The van der Waals surface area contributed by atoms with Gasteiger partial charge < -0.3 is 20.6 Å². The van der Waals surface area contributed by atoms with Crippen LogP contribution in [-0.2, 0) is 4.79 Å². The largest absolute Gasteiger partial charge is 0.396 e. The summed E-state index contributed by atoms with van der Waals surface area (Å²) >= 11 is 0. The van der Waals surface area contributed by atoms with Crippen molar-refractivity contribution in [1.82, 2.24) is 15.5 Å². The number of amides is 3. The van der Waals surface area contributed by atoms with E-state index in [-0.39, 0.29) is 18.5 Å². The number of aliphatic hydroxyl groups excluding tert-OH is 1. The average molecular weight is 331 g/mol. The lowest BCUT2D eigenvalue weighted by Crippen LogP contribution is -2.53. The van der Waals surface area contributed by atoms with E-state index >= 15 is 0 Å². The molecule has 0 saturated carbocycles. The molecule has 1 fully saturated rings. The first-order valence-corrected chi connectivity index (χ1v) is 8.36. The normalized spacial score (nSPS) is 17.5. The number of hydrogen-bond donors (Lipinski definition) is 3. The van der Waals surface area contributed by atoms with Crippen molar-refractivity contribution in [2.24, 2.45) is 0 Å². The lowest BCUT2D eigenvalue weighted by atomic mass is 10.1. The predicted molar refractivity (Wildman–Crippen MR) is 93.3 cm³/mol. The standard InChI is InChI=1S/C18H25N3O3/c22-14-6-13-21(12-5-9-15-7-2-1-3-8-15)18(24)20-16-10-4-11-19-17(16)23/h1-3,5,7-9,16,22H,4,6,10-14H2,(H,19,23)(H,20,24). The van der Waals surface area contributed by atoms with Gasteiger partial charge in [0.25, 0.3) is 0 Å². The van der Waals surface area contributed by atoms with E-state index < -0.39 is 6.04 Å². The molecule has 1 heterocycles. The van der Waals surface area contributed by atoms with Gasteiger partial charge in [0.1, 0.15) is 6.04 Å². The van der Waals surface area contributed by atoms with Gasteiger partial charge in [0.15, 0.2) is 0 Å². The Balaban J connectivity index is 1.92. The maximum absolute atomic E-state index is 12.4. The minimum absolute atomic E-state index is 0.0239. The number of nitrogens with zero attached hydrogens (tertiary/aromatic N) is 1. The maximum Gasteiger partial charge on any atom is 0.318 e. The Kier molecular flexibility index (Phi) is 7.29. The number of urea groups is 1. The number of piperidine rings is 1. The Bertz CT molecular complexity index is 560. The molecule has 6 nitrogen and oxygen atoms in total. The molecule has 24 heavy (non-hydrogen) atoms. The number of nitrogens with one attached hydrogen (secondary N) is 2. The number of hydrogen-bond acceptors (Lipinski definition) is 3. The van der Waals surface area contributed by atoms with E-state index in [2.05, 4.69) is 10.6 Å². The van der Waals surface area contributed by atoms with Gasteiger partial charge in [-0.15, -0.1) is 0 Å². The molecule has 3 N–H and O–H groups in total. The van der Waals surface area contributed by atoms with Crippen LogP contribution in [0.5, 0.6) is 0 Å². The molecule has 1 aliphatic rings. The van der Waals surface area contributed by atoms with Crippen molar-refractivity contribution in [3.05, 3.63) is 42.0 Å². The van der Waals surface area contributed by atoms with Crippen molar-refractivity contribution >= 4 is 18.0 Å². The van der Waals surface area contributed by atoms with E-state index in [9.17, 15) is 9.59 Å². The van der Waals surface area contributed by atoms with E-state index in [1.807, 2.05) is 42.5 Å². The molecular formula is C18H25N3O3. The Morgan fingerprint density at radius 3 is 2.88 bits per heavy atom. The molecule has 130 valence electrons. The number of rotatable bonds is 7. The first-order valence-electron chi connectivity index (χ1n) is 8.36. The Morgan fingerprint density at radius 2 is 2.17 bits per heavy atom. The summed E-state index contributed by atoms with van der Waals surface area (Å²) in [5.74, 6) is -0.128. The van der Waals surface area contributed by atoms with Gasteiger partial charge in [-0.05, 0) is 24.8 Å². The van der Waals surface area contributed by atoms with Gasteiger partial charge in [-0.2, -0.15) is 0 Å². The van der Waals surface area contributed by atoms with Gasteiger partial charge >= 0.3 is 6.03 Å². The second-order valence-corrected chi connectivity index (χ2v) is 5.77. The lowest BCUT2D eigenvalue weighted by Gasteiger charge is -2.27. The zero-order valence-corrected chi connectivity index (χ0v) is 13.8. The molecule has 2 rings (SSSR count). The topological polar surface area (TPSA) is 81.7 Å². The molecule has 0 aromatic heterocycles. The van der Waals surface area contributed by atoms with Crippen LogP contribution in [0.3, 0.4) is 0 Å². The third kappa shape index (κ3) is 5.70. The highest BCUT2D eigenvalue weighted by molar-refractivity contribution is 5.87. The second kappa shape index (κ2) is 9.72. The van der Waals surface area contributed by atoms with E-state index in [1.54, 1.807) is 4.90 Å². The first-order chi connectivity index (χ1) is 11.7. The van der Waals surface area contributed by atoms with Crippen molar-refractivity contribution in [1.29, 1.82) is 0 Å². The molecule has 1 aliphatic heterocycles. The molecule has 0 bridgehead atoms. The van der Waals surface area contributed by atoms with E-state index in [0.717, 1.165) is 12.0 Å². The van der Waals surface area contributed by atoms with Crippen molar-refractivity contribution in [3.8, 4) is 0 Å². The second-order valence-electron chi connectivity index (χ2n) is 5.77. The minimum atomic E-state index is -0.471. The molecule has 0 aliphatic carbocycles. The van der Waals surface area contributed by atoms with Crippen molar-refractivity contribution in [2.75, 3.05) is 26.2 Å². The minimum Gasteiger partial charge on any atom is -0.396 e.